The molecule has 0 radical (unpaired) electrons. The Morgan fingerprint density at radius 3 is 2.73 bits per heavy atom. The second kappa shape index (κ2) is 8.28. The van der Waals surface area contributed by atoms with Gasteiger partial charge in [0.05, 0.1) is 5.69 Å². The van der Waals surface area contributed by atoms with Crippen molar-refractivity contribution in [2.45, 2.75) is 38.6 Å². The molecule has 0 unspecified atom stereocenters. The van der Waals surface area contributed by atoms with Crippen LogP contribution in [-0.4, -0.2) is 50.3 Å². The van der Waals surface area contributed by atoms with Gasteiger partial charge >= 0.3 is 0 Å². The molecule has 1 saturated carbocycles. The summed E-state index contributed by atoms with van der Waals surface area (Å²) in [5.74, 6) is 2.49. The number of aromatic hydroxyl groups is 1. The van der Waals surface area contributed by atoms with E-state index in [-0.39, 0.29) is 5.75 Å². The fourth-order valence-electron chi connectivity index (χ4n) is 4.09. The third-order valence-electron chi connectivity index (χ3n) is 6.11. The fourth-order valence-corrected chi connectivity index (χ4v) is 4.75. The summed E-state index contributed by atoms with van der Waals surface area (Å²) in [6, 6.07) is 10.2. The molecule has 156 valence electrons. The zero-order valence-electron chi connectivity index (χ0n) is 17.1. The van der Waals surface area contributed by atoms with E-state index in [1.807, 2.05) is 31.2 Å². The molecule has 3 aromatic rings. The Labute approximate surface area is 180 Å². The van der Waals surface area contributed by atoms with Crippen LogP contribution in [-0.2, 0) is 0 Å². The van der Waals surface area contributed by atoms with Crippen LogP contribution in [0.3, 0.4) is 0 Å². The van der Waals surface area contributed by atoms with Gasteiger partial charge in [0.25, 0.3) is 0 Å². The van der Waals surface area contributed by atoms with E-state index in [1.165, 1.54) is 37.2 Å². The summed E-state index contributed by atoms with van der Waals surface area (Å²) in [5, 5.41) is 23.8. The van der Waals surface area contributed by atoms with E-state index in [1.54, 1.807) is 6.07 Å². The Morgan fingerprint density at radius 2 is 2.07 bits per heavy atom. The van der Waals surface area contributed by atoms with Gasteiger partial charge in [-0.2, -0.15) is 4.37 Å². The summed E-state index contributed by atoms with van der Waals surface area (Å²) in [5.41, 5.74) is 2.19. The van der Waals surface area contributed by atoms with Gasteiger partial charge in [-0.05, 0) is 74.4 Å². The van der Waals surface area contributed by atoms with Crippen molar-refractivity contribution in [2.24, 2.45) is 5.92 Å². The third-order valence-corrected chi connectivity index (χ3v) is 6.96. The number of phenolic OH excluding ortho intramolecular Hbond substituents is 1. The molecule has 1 aromatic carbocycles. The number of aromatic nitrogens is 4. The van der Waals surface area contributed by atoms with E-state index >= 15 is 0 Å². The largest absolute Gasteiger partial charge is 0.507 e. The van der Waals surface area contributed by atoms with Crippen LogP contribution in [0.5, 0.6) is 5.75 Å². The first kappa shape index (κ1) is 19.4. The number of nitrogens with zero attached hydrogens (tertiary/aromatic N) is 5. The molecule has 0 bridgehead atoms. The summed E-state index contributed by atoms with van der Waals surface area (Å²) in [4.78, 5) is 6.69. The van der Waals surface area contributed by atoms with Crippen molar-refractivity contribution >= 4 is 17.4 Å². The van der Waals surface area contributed by atoms with Gasteiger partial charge < -0.3 is 15.3 Å². The monoisotopic (exact) mass is 422 g/mol. The number of rotatable bonds is 6. The highest BCUT2D eigenvalue weighted by Crippen LogP contribution is 2.33. The van der Waals surface area contributed by atoms with Crippen molar-refractivity contribution in [2.75, 3.05) is 24.5 Å². The van der Waals surface area contributed by atoms with Crippen LogP contribution < -0.4 is 10.2 Å². The van der Waals surface area contributed by atoms with Crippen LogP contribution in [0.15, 0.2) is 30.3 Å². The molecule has 2 N–H and O–H groups in total. The summed E-state index contributed by atoms with van der Waals surface area (Å²) in [6.45, 7) is 5.00. The molecule has 0 amide bonds. The van der Waals surface area contributed by atoms with Crippen LogP contribution in [0.4, 0.5) is 5.82 Å². The van der Waals surface area contributed by atoms with Crippen molar-refractivity contribution < 1.29 is 5.11 Å². The molecule has 1 atom stereocenters. The van der Waals surface area contributed by atoms with Crippen molar-refractivity contribution in [3.63, 3.8) is 0 Å². The van der Waals surface area contributed by atoms with Crippen molar-refractivity contribution in [1.29, 1.82) is 0 Å². The van der Waals surface area contributed by atoms with Gasteiger partial charge in [-0.15, -0.1) is 10.2 Å². The molecule has 1 aliphatic heterocycles. The average Bonchev–Trinajstić information content (AvgIpc) is 3.36. The van der Waals surface area contributed by atoms with Crippen molar-refractivity contribution in [3.05, 3.63) is 36.2 Å². The Hall–Kier alpha value is -2.58. The summed E-state index contributed by atoms with van der Waals surface area (Å²) >= 11 is 1.33. The number of phenols is 1. The smallest absolute Gasteiger partial charge is 0.151 e. The molecule has 7 nitrogen and oxygen atoms in total. The van der Waals surface area contributed by atoms with Crippen LogP contribution in [0.2, 0.25) is 0 Å². The van der Waals surface area contributed by atoms with Gasteiger partial charge in [0.1, 0.15) is 16.6 Å². The normalized spacial score (nSPS) is 19.2. The predicted molar refractivity (Wildman–Crippen MR) is 119 cm³/mol. The standard InChI is InChI=1S/C22H26N6OS/c1-14-24-22(30-27-14)16-5-6-18(20(29)11-16)19-7-8-21(26-25-19)28-10-9-15(13-28)12-23-17-3-2-4-17/h5-8,11,15,17,23,29H,2-4,9-10,12-13H2,1H3/t15-/m0/s1. The molecular formula is C22H26N6OS. The minimum Gasteiger partial charge on any atom is -0.507 e. The van der Waals surface area contributed by atoms with Gasteiger partial charge in [-0.25, -0.2) is 4.98 Å². The lowest BCUT2D eigenvalue weighted by Gasteiger charge is -2.28. The molecule has 1 saturated heterocycles. The molecule has 3 heterocycles. The Bertz CT molecular complexity index is 1020. The number of nitrogens with one attached hydrogen (secondary N) is 1. The maximum Gasteiger partial charge on any atom is 0.151 e. The number of anilines is 1. The Kier molecular flexibility index (Phi) is 5.35. The maximum atomic E-state index is 10.5. The molecule has 1 aliphatic carbocycles. The van der Waals surface area contributed by atoms with E-state index in [9.17, 15) is 5.11 Å². The van der Waals surface area contributed by atoms with E-state index in [0.717, 1.165) is 47.9 Å². The predicted octanol–water partition coefficient (Wildman–Crippen LogP) is 3.64. The van der Waals surface area contributed by atoms with Gasteiger partial charge in [0.15, 0.2) is 5.82 Å². The average molecular weight is 423 g/mol. The molecule has 8 heteroatoms. The summed E-state index contributed by atoms with van der Waals surface area (Å²) in [7, 11) is 0. The van der Waals surface area contributed by atoms with Gasteiger partial charge in [-0.3, -0.25) is 0 Å². The minimum atomic E-state index is 0.172. The summed E-state index contributed by atoms with van der Waals surface area (Å²) in [6.07, 6.45) is 5.22. The first-order valence-corrected chi connectivity index (χ1v) is 11.4. The number of hydrogen-bond donors (Lipinski definition) is 2. The third kappa shape index (κ3) is 4.02. The lowest BCUT2D eigenvalue weighted by atomic mass is 9.92. The van der Waals surface area contributed by atoms with Crippen molar-refractivity contribution in [1.82, 2.24) is 24.9 Å². The molecule has 30 heavy (non-hydrogen) atoms. The van der Waals surface area contributed by atoms with Gasteiger partial charge in [-0.1, -0.05) is 12.5 Å². The summed E-state index contributed by atoms with van der Waals surface area (Å²) < 4.78 is 4.20. The first-order chi connectivity index (χ1) is 14.7. The van der Waals surface area contributed by atoms with E-state index in [4.69, 9.17) is 0 Å². The second-order valence-electron chi connectivity index (χ2n) is 8.29. The van der Waals surface area contributed by atoms with Crippen LogP contribution in [0.25, 0.3) is 21.8 Å². The Morgan fingerprint density at radius 1 is 1.17 bits per heavy atom. The molecular weight excluding hydrogens is 396 g/mol. The molecule has 2 fully saturated rings. The van der Waals surface area contributed by atoms with Crippen LogP contribution in [0.1, 0.15) is 31.5 Å². The van der Waals surface area contributed by atoms with Crippen LogP contribution >= 0.6 is 11.5 Å². The minimum absolute atomic E-state index is 0.172. The topological polar surface area (TPSA) is 87.1 Å². The van der Waals surface area contributed by atoms with E-state index in [2.05, 4.69) is 29.8 Å². The lowest BCUT2D eigenvalue weighted by molar-refractivity contribution is 0.321. The maximum absolute atomic E-state index is 10.5. The van der Waals surface area contributed by atoms with E-state index in [0.29, 0.717) is 17.2 Å². The second-order valence-corrected chi connectivity index (χ2v) is 9.04. The van der Waals surface area contributed by atoms with Crippen LogP contribution in [0, 0.1) is 12.8 Å². The first-order valence-electron chi connectivity index (χ1n) is 10.6. The van der Waals surface area contributed by atoms with E-state index < -0.39 is 0 Å². The fraction of sp³-hybridized carbons (Fsp3) is 0.455. The van der Waals surface area contributed by atoms with Gasteiger partial charge in [0.2, 0.25) is 0 Å². The quantitative estimate of drug-likeness (QED) is 0.627. The highest BCUT2D eigenvalue weighted by Gasteiger charge is 2.25. The number of aryl methyl sites for hydroxylation is 1. The zero-order chi connectivity index (χ0) is 20.5. The highest BCUT2D eigenvalue weighted by atomic mass is 32.1. The Balaban J connectivity index is 1.25. The lowest BCUT2D eigenvalue weighted by Crippen LogP contribution is -2.38. The molecule has 0 spiro atoms. The number of hydrogen-bond acceptors (Lipinski definition) is 8. The zero-order valence-corrected chi connectivity index (χ0v) is 17.9. The highest BCUT2D eigenvalue weighted by molar-refractivity contribution is 7.09. The van der Waals surface area contributed by atoms with Gasteiger partial charge in [0, 0.05) is 30.3 Å². The molecule has 2 aromatic heterocycles. The van der Waals surface area contributed by atoms with Crippen molar-refractivity contribution in [3.8, 4) is 27.6 Å². The number of benzene rings is 1. The SMILES string of the molecule is Cc1nsc(-c2ccc(-c3ccc(N4CC[C@@H](CNC5CCC5)C4)nn3)c(O)c2)n1. The molecule has 5 rings (SSSR count). The molecule has 2 aliphatic rings.